The van der Waals surface area contributed by atoms with Gasteiger partial charge in [0.1, 0.15) is 0 Å². The summed E-state index contributed by atoms with van der Waals surface area (Å²) < 4.78 is 2.02. The number of rotatable bonds is 4. The van der Waals surface area contributed by atoms with Crippen molar-refractivity contribution < 1.29 is 0 Å². The van der Waals surface area contributed by atoms with Gasteiger partial charge >= 0.3 is 0 Å². The maximum atomic E-state index is 4.55. The van der Waals surface area contributed by atoms with Crippen molar-refractivity contribution in [1.29, 1.82) is 0 Å². The number of hydrogen-bond acceptors (Lipinski definition) is 3. The fourth-order valence-corrected chi connectivity index (χ4v) is 1.72. The smallest absolute Gasteiger partial charge is 0.0764 e. The predicted molar refractivity (Wildman–Crippen MR) is 60.7 cm³/mol. The highest BCUT2D eigenvalue weighted by Gasteiger charge is 2.21. The minimum Gasteiger partial charge on any atom is -0.314 e. The van der Waals surface area contributed by atoms with Crippen LogP contribution in [-0.4, -0.2) is 40.9 Å². The van der Waals surface area contributed by atoms with Gasteiger partial charge in [-0.2, -0.15) is 5.10 Å². The van der Waals surface area contributed by atoms with Gasteiger partial charge in [0.25, 0.3) is 0 Å². The molecule has 0 saturated carbocycles. The molecule has 1 aliphatic rings. The second-order valence-electron chi connectivity index (χ2n) is 4.61. The van der Waals surface area contributed by atoms with E-state index in [0.29, 0.717) is 12.1 Å². The van der Waals surface area contributed by atoms with Crippen molar-refractivity contribution in [3.05, 3.63) is 18.0 Å². The van der Waals surface area contributed by atoms with Crippen LogP contribution in [0.15, 0.2) is 12.3 Å². The molecule has 1 aliphatic heterocycles. The van der Waals surface area contributed by atoms with Crippen LogP contribution in [0, 0.1) is 0 Å². The van der Waals surface area contributed by atoms with Gasteiger partial charge in [-0.1, -0.05) is 0 Å². The van der Waals surface area contributed by atoms with E-state index >= 15 is 0 Å². The van der Waals surface area contributed by atoms with Crippen LogP contribution in [0.3, 0.4) is 0 Å². The Hall–Kier alpha value is -0.870. The van der Waals surface area contributed by atoms with E-state index in [1.807, 2.05) is 4.68 Å². The molecule has 1 aromatic heterocycles. The Balaban J connectivity index is 1.91. The highest BCUT2D eigenvalue weighted by molar-refractivity contribution is 5.00. The largest absolute Gasteiger partial charge is 0.314 e. The maximum absolute atomic E-state index is 4.55. The molecular weight excluding hydrogens is 188 g/mol. The monoisotopic (exact) mass is 208 g/mol. The molecule has 0 unspecified atom stereocenters. The van der Waals surface area contributed by atoms with Gasteiger partial charge in [-0.3, -0.25) is 9.58 Å². The average Bonchev–Trinajstić information content (AvgIpc) is 2.48. The van der Waals surface area contributed by atoms with E-state index in [9.17, 15) is 0 Å². The van der Waals surface area contributed by atoms with Crippen molar-refractivity contribution in [1.82, 2.24) is 20.0 Å². The summed E-state index contributed by atoms with van der Waals surface area (Å²) in [5.74, 6) is 0. The third-order valence-electron chi connectivity index (χ3n) is 2.99. The Morgan fingerprint density at radius 2 is 2.33 bits per heavy atom. The second-order valence-corrected chi connectivity index (χ2v) is 4.61. The van der Waals surface area contributed by atoms with Gasteiger partial charge in [-0.05, 0) is 27.0 Å². The van der Waals surface area contributed by atoms with Crippen LogP contribution in [0.2, 0.25) is 0 Å². The summed E-state index contributed by atoms with van der Waals surface area (Å²) in [6.07, 6.45) is 2.06. The topological polar surface area (TPSA) is 33.1 Å². The molecule has 0 aliphatic carbocycles. The fraction of sp³-hybridized carbons (Fsp3) is 0.727. The zero-order valence-electron chi connectivity index (χ0n) is 9.77. The second kappa shape index (κ2) is 4.33. The molecule has 1 saturated heterocycles. The molecule has 84 valence electrons. The molecular formula is C11H20N4. The van der Waals surface area contributed by atoms with Gasteiger partial charge in [0, 0.05) is 37.9 Å². The zero-order valence-corrected chi connectivity index (χ0v) is 9.77. The summed E-state index contributed by atoms with van der Waals surface area (Å²) in [7, 11) is 2.17. The van der Waals surface area contributed by atoms with Crippen LogP contribution in [0.25, 0.3) is 0 Å². The van der Waals surface area contributed by atoms with Gasteiger partial charge in [0.15, 0.2) is 0 Å². The first kappa shape index (κ1) is 10.6. The number of nitrogens with one attached hydrogen (secondary N) is 1. The zero-order chi connectivity index (χ0) is 10.8. The Bertz CT molecular complexity index is 314. The third kappa shape index (κ3) is 2.38. The van der Waals surface area contributed by atoms with E-state index in [2.05, 4.69) is 48.5 Å². The van der Waals surface area contributed by atoms with E-state index in [1.165, 1.54) is 0 Å². The van der Waals surface area contributed by atoms with Crippen LogP contribution >= 0.6 is 0 Å². The molecule has 2 rings (SSSR count). The lowest BCUT2D eigenvalue weighted by atomic mass is 10.1. The first-order valence-corrected chi connectivity index (χ1v) is 5.62. The molecule has 0 amide bonds. The van der Waals surface area contributed by atoms with E-state index in [1.54, 1.807) is 0 Å². The minimum absolute atomic E-state index is 0.453. The minimum atomic E-state index is 0.453. The highest BCUT2D eigenvalue weighted by atomic mass is 15.3. The molecule has 1 N–H and O–H groups in total. The summed E-state index contributed by atoms with van der Waals surface area (Å²) in [6, 6.07) is 3.26. The van der Waals surface area contributed by atoms with Gasteiger partial charge in [0.2, 0.25) is 0 Å². The lowest BCUT2D eigenvalue weighted by Gasteiger charge is -2.35. The maximum Gasteiger partial charge on any atom is 0.0764 e. The van der Waals surface area contributed by atoms with Crippen LogP contribution in [0.1, 0.15) is 25.6 Å². The summed E-state index contributed by atoms with van der Waals surface area (Å²) >= 11 is 0. The molecule has 1 fully saturated rings. The third-order valence-corrected chi connectivity index (χ3v) is 2.99. The molecule has 0 radical (unpaired) electrons. The Morgan fingerprint density at radius 3 is 2.80 bits per heavy atom. The number of nitrogens with zero attached hydrogens (tertiary/aromatic N) is 3. The standard InChI is InChI=1S/C11H20N4/c1-9(2)15-5-4-10(13-15)8-14(3)11-6-12-7-11/h4-5,9,11-12H,6-8H2,1-3H3. The highest BCUT2D eigenvalue weighted by Crippen LogP contribution is 2.09. The first-order valence-electron chi connectivity index (χ1n) is 5.62. The van der Waals surface area contributed by atoms with Crippen molar-refractivity contribution in [2.24, 2.45) is 0 Å². The molecule has 0 bridgehead atoms. The summed E-state index contributed by atoms with van der Waals surface area (Å²) in [5.41, 5.74) is 1.16. The lowest BCUT2D eigenvalue weighted by molar-refractivity contribution is 0.171. The first-order chi connectivity index (χ1) is 7.16. The molecule has 4 nitrogen and oxygen atoms in total. The van der Waals surface area contributed by atoms with Crippen LogP contribution < -0.4 is 5.32 Å². The van der Waals surface area contributed by atoms with Gasteiger partial charge < -0.3 is 5.32 Å². The number of aromatic nitrogens is 2. The average molecular weight is 208 g/mol. The van der Waals surface area contributed by atoms with E-state index in [4.69, 9.17) is 0 Å². The summed E-state index contributed by atoms with van der Waals surface area (Å²) in [6.45, 7) is 7.47. The normalized spacial score (nSPS) is 17.4. The number of likely N-dealkylation sites (N-methyl/N-ethyl adjacent to an activating group) is 1. The van der Waals surface area contributed by atoms with Crippen molar-refractivity contribution in [3.63, 3.8) is 0 Å². The Labute approximate surface area is 91.3 Å². The van der Waals surface area contributed by atoms with Crippen molar-refractivity contribution in [2.45, 2.75) is 32.5 Å². The van der Waals surface area contributed by atoms with Crippen LogP contribution in [-0.2, 0) is 6.54 Å². The molecule has 0 spiro atoms. The quantitative estimate of drug-likeness (QED) is 0.797. The fourth-order valence-electron chi connectivity index (χ4n) is 1.72. The summed E-state index contributed by atoms with van der Waals surface area (Å²) in [5, 5.41) is 7.83. The van der Waals surface area contributed by atoms with Crippen molar-refractivity contribution >= 4 is 0 Å². The molecule has 1 aromatic rings. The molecule has 0 aromatic carbocycles. The van der Waals surface area contributed by atoms with Crippen LogP contribution in [0.4, 0.5) is 0 Å². The molecule has 4 heteroatoms. The number of hydrogen-bond donors (Lipinski definition) is 1. The van der Waals surface area contributed by atoms with Crippen molar-refractivity contribution in [2.75, 3.05) is 20.1 Å². The van der Waals surface area contributed by atoms with E-state index in [-0.39, 0.29) is 0 Å². The molecule has 15 heavy (non-hydrogen) atoms. The predicted octanol–water partition coefficient (Wildman–Crippen LogP) is 0.868. The molecule has 0 atom stereocenters. The van der Waals surface area contributed by atoms with Gasteiger partial charge in [-0.25, -0.2) is 0 Å². The van der Waals surface area contributed by atoms with E-state index < -0.39 is 0 Å². The molecule has 2 heterocycles. The SMILES string of the molecule is CC(C)n1ccc(CN(C)C2CNC2)n1. The van der Waals surface area contributed by atoms with Gasteiger partial charge in [-0.15, -0.1) is 0 Å². The van der Waals surface area contributed by atoms with E-state index in [0.717, 1.165) is 25.3 Å². The summed E-state index contributed by atoms with van der Waals surface area (Å²) in [4.78, 5) is 2.36. The van der Waals surface area contributed by atoms with Crippen LogP contribution in [0.5, 0.6) is 0 Å². The lowest BCUT2D eigenvalue weighted by Crippen LogP contribution is -2.55. The van der Waals surface area contributed by atoms with Gasteiger partial charge in [0.05, 0.1) is 5.69 Å². The van der Waals surface area contributed by atoms with Crippen molar-refractivity contribution in [3.8, 4) is 0 Å². The Morgan fingerprint density at radius 1 is 1.60 bits per heavy atom. The Kier molecular flexibility index (Phi) is 3.07.